The summed E-state index contributed by atoms with van der Waals surface area (Å²) in [5.74, 6) is 1.01. The number of hydrogen-bond acceptors (Lipinski definition) is 11. The molecule has 4 heterocycles. The highest BCUT2D eigenvalue weighted by Crippen LogP contribution is 2.31. The molecule has 3 N–H and O–H groups in total. The van der Waals surface area contributed by atoms with E-state index in [2.05, 4.69) is 39.8 Å². The number of pyridine rings is 2. The van der Waals surface area contributed by atoms with E-state index in [0.29, 0.717) is 38.5 Å². The van der Waals surface area contributed by atoms with Crippen molar-refractivity contribution in [2.24, 2.45) is 0 Å². The fourth-order valence-corrected chi connectivity index (χ4v) is 3.32. The summed E-state index contributed by atoms with van der Waals surface area (Å²) in [7, 11) is 6.32. The molecule has 194 valence electrons. The Balaban J connectivity index is 0.000000274. The maximum Gasteiger partial charge on any atom is 0.270 e. The Bertz CT molecular complexity index is 1250. The number of aromatic nitrogens is 4. The molecule has 0 bridgehead atoms. The number of ether oxygens (including phenoxy) is 3. The highest BCUT2D eigenvalue weighted by Gasteiger charge is 2.15. The van der Waals surface area contributed by atoms with E-state index in [1.165, 1.54) is 21.3 Å². The fraction of sp³-hybridized carbons (Fsp3) is 0.455. The molecule has 0 aliphatic carbocycles. The van der Waals surface area contributed by atoms with Gasteiger partial charge in [-0.25, -0.2) is 9.97 Å². The number of halogens is 2. The third kappa shape index (κ3) is 6.71. The lowest BCUT2D eigenvalue weighted by atomic mass is 10.2. The van der Waals surface area contributed by atoms with Gasteiger partial charge in [-0.2, -0.15) is 0 Å². The van der Waals surface area contributed by atoms with Crippen LogP contribution in [0.25, 0.3) is 22.2 Å². The number of rotatable bonds is 4. The highest BCUT2D eigenvalue weighted by atomic mass is 35.5. The number of nitrogens with two attached hydrogens (primary N) is 1. The summed E-state index contributed by atoms with van der Waals surface area (Å²) in [5, 5.41) is 13.2. The fourth-order valence-electron chi connectivity index (χ4n) is 3.04. The second-order valence-corrected chi connectivity index (χ2v) is 7.73. The molecule has 0 unspecified atom stereocenters. The topological polar surface area (TPSA) is 144 Å². The molecule has 0 aliphatic rings. The van der Waals surface area contributed by atoms with E-state index in [1.807, 2.05) is 27.7 Å². The second-order valence-electron chi connectivity index (χ2n) is 6.98. The molecule has 4 rings (SSSR count). The van der Waals surface area contributed by atoms with Crippen molar-refractivity contribution in [1.82, 2.24) is 20.3 Å². The normalized spacial score (nSPS) is 10.5. The van der Waals surface area contributed by atoms with Crippen molar-refractivity contribution in [2.45, 2.75) is 41.6 Å². The number of nitrogen functional groups attached to an aromatic ring is 1. The Kier molecular flexibility index (Phi) is 11.6. The Morgan fingerprint density at radius 2 is 1.23 bits per heavy atom. The molecular weight excluding hydrogens is 499 g/mol. The molecule has 4 aromatic rings. The lowest BCUT2D eigenvalue weighted by Crippen LogP contribution is -2.14. The van der Waals surface area contributed by atoms with Gasteiger partial charge in [-0.15, -0.1) is 0 Å². The molecule has 0 spiro atoms. The van der Waals surface area contributed by atoms with E-state index < -0.39 is 6.48 Å². The van der Waals surface area contributed by atoms with Crippen molar-refractivity contribution in [1.29, 1.82) is 0 Å². The Hall–Kier alpha value is -2.70. The summed E-state index contributed by atoms with van der Waals surface area (Å²) in [6.07, 6.45) is 0. The summed E-state index contributed by atoms with van der Waals surface area (Å²) in [6, 6.07) is 0. The van der Waals surface area contributed by atoms with Crippen LogP contribution in [0.3, 0.4) is 0 Å². The molecule has 11 nitrogen and oxygen atoms in total. The summed E-state index contributed by atoms with van der Waals surface area (Å²) in [6.45, 7) is 6.94. The Morgan fingerprint density at radius 1 is 0.800 bits per heavy atom. The minimum atomic E-state index is -0.514. The third-order valence-electron chi connectivity index (χ3n) is 4.77. The molecule has 13 heteroatoms. The van der Waals surface area contributed by atoms with Crippen LogP contribution in [0.1, 0.15) is 29.9 Å². The molecule has 0 amide bonds. The number of nitrogens with one attached hydrogen (secondary N) is 1. The summed E-state index contributed by atoms with van der Waals surface area (Å²) >= 11 is 12.1. The van der Waals surface area contributed by atoms with Gasteiger partial charge >= 0.3 is 0 Å². The largest absolute Gasteiger partial charge is 0.380 e. The molecule has 0 aliphatic heterocycles. The first kappa shape index (κ1) is 30.3. The van der Waals surface area contributed by atoms with Gasteiger partial charge in [0.15, 0.2) is 11.6 Å². The SMILES string of the molecule is C.CNc1noc2nc(C)c(Cl)c(C)c12.COC(OC)OC.Cc1nc2onc(N)c2c(C)c1Cl. The van der Waals surface area contributed by atoms with Crippen molar-refractivity contribution in [3.63, 3.8) is 0 Å². The van der Waals surface area contributed by atoms with Crippen LogP contribution < -0.4 is 11.1 Å². The Morgan fingerprint density at radius 3 is 1.66 bits per heavy atom. The maximum absolute atomic E-state index is 6.08. The first-order valence-corrected chi connectivity index (χ1v) is 10.7. The monoisotopic (exact) mass is 530 g/mol. The number of aryl methyl sites for hydroxylation is 4. The summed E-state index contributed by atoms with van der Waals surface area (Å²) < 4.78 is 23.8. The second kappa shape index (κ2) is 13.4. The molecule has 35 heavy (non-hydrogen) atoms. The predicted octanol–water partition coefficient (Wildman–Crippen LogP) is 5.46. The average Bonchev–Trinajstić information content (AvgIpc) is 3.41. The number of anilines is 2. The quantitative estimate of drug-likeness (QED) is 0.324. The van der Waals surface area contributed by atoms with Gasteiger partial charge < -0.3 is 34.3 Å². The van der Waals surface area contributed by atoms with E-state index in [-0.39, 0.29) is 7.43 Å². The van der Waals surface area contributed by atoms with Crippen molar-refractivity contribution < 1.29 is 23.3 Å². The van der Waals surface area contributed by atoms with Crippen molar-refractivity contribution in [3.05, 3.63) is 32.6 Å². The number of hydrogen-bond donors (Lipinski definition) is 2. The zero-order valence-electron chi connectivity index (χ0n) is 20.2. The van der Waals surface area contributed by atoms with E-state index in [9.17, 15) is 0 Å². The smallest absolute Gasteiger partial charge is 0.270 e. The summed E-state index contributed by atoms with van der Waals surface area (Å²) in [4.78, 5) is 8.32. The molecule has 0 aromatic carbocycles. The van der Waals surface area contributed by atoms with Crippen LogP contribution in [0.5, 0.6) is 0 Å². The van der Waals surface area contributed by atoms with Gasteiger partial charge in [0, 0.05) is 28.4 Å². The highest BCUT2D eigenvalue weighted by molar-refractivity contribution is 6.33. The molecule has 0 atom stereocenters. The molecule has 4 aromatic heterocycles. The molecular formula is C22H32Cl2N6O5. The van der Waals surface area contributed by atoms with E-state index in [4.69, 9.17) is 38.0 Å². The van der Waals surface area contributed by atoms with E-state index in [1.54, 1.807) is 7.05 Å². The van der Waals surface area contributed by atoms with Crippen LogP contribution in [0, 0.1) is 27.7 Å². The average molecular weight is 531 g/mol. The molecule has 0 radical (unpaired) electrons. The predicted molar refractivity (Wildman–Crippen MR) is 138 cm³/mol. The summed E-state index contributed by atoms with van der Waals surface area (Å²) in [5.41, 5.74) is 9.85. The van der Waals surface area contributed by atoms with Crippen molar-refractivity contribution in [3.8, 4) is 0 Å². The van der Waals surface area contributed by atoms with Gasteiger partial charge in [0.25, 0.3) is 17.9 Å². The third-order valence-corrected chi connectivity index (χ3v) is 5.88. The van der Waals surface area contributed by atoms with Gasteiger partial charge in [0.2, 0.25) is 0 Å². The van der Waals surface area contributed by atoms with Crippen LogP contribution >= 0.6 is 23.2 Å². The standard InChI is InChI=1S/C9H10ClN3O.C8H8ClN3O.C4H10O3.CH4/c1-4-6-8(11-3)13-14-9(6)12-5(2)7(4)10;1-3-5-7(10)12-13-8(5)11-4(2)6(3)9;1-5-4(6-2)7-3;/h1-3H3,(H,11,13);1-2H3,(H2,10,12);4H,1-3H3;1H4. The number of nitrogens with zero attached hydrogens (tertiary/aromatic N) is 4. The molecule has 0 saturated carbocycles. The first-order chi connectivity index (χ1) is 16.1. The minimum absolute atomic E-state index is 0. The maximum atomic E-state index is 6.08. The lowest BCUT2D eigenvalue weighted by Gasteiger charge is -2.08. The Labute approximate surface area is 214 Å². The van der Waals surface area contributed by atoms with Crippen LogP contribution in [-0.2, 0) is 14.2 Å². The van der Waals surface area contributed by atoms with Crippen LogP contribution in [-0.4, -0.2) is 55.1 Å². The molecule has 0 fully saturated rings. The van der Waals surface area contributed by atoms with Crippen molar-refractivity contribution >= 4 is 57.0 Å². The van der Waals surface area contributed by atoms with Gasteiger partial charge in [-0.1, -0.05) is 40.9 Å². The first-order valence-electron chi connectivity index (χ1n) is 9.96. The van der Waals surface area contributed by atoms with E-state index in [0.717, 1.165) is 27.9 Å². The number of methoxy groups -OCH3 is 3. The van der Waals surface area contributed by atoms with Crippen LogP contribution in [0.15, 0.2) is 9.05 Å². The van der Waals surface area contributed by atoms with Gasteiger partial charge in [-0.05, 0) is 38.8 Å². The zero-order chi connectivity index (χ0) is 25.6. The van der Waals surface area contributed by atoms with Gasteiger partial charge in [0.1, 0.15) is 0 Å². The van der Waals surface area contributed by atoms with Gasteiger partial charge in [-0.3, -0.25) is 0 Å². The van der Waals surface area contributed by atoms with Crippen LogP contribution in [0.2, 0.25) is 10.0 Å². The van der Waals surface area contributed by atoms with Crippen LogP contribution in [0.4, 0.5) is 11.6 Å². The van der Waals surface area contributed by atoms with Crippen molar-refractivity contribution in [2.75, 3.05) is 39.4 Å². The van der Waals surface area contributed by atoms with E-state index >= 15 is 0 Å². The number of fused-ring (bicyclic) bond motifs is 2. The molecule has 0 saturated heterocycles. The minimum Gasteiger partial charge on any atom is -0.380 e. The zero-order valence-corrected chi connectivity index (χ0v) is 21.8. The lowest BCUT2D eigenvalue weighted by molar-refractivity contribution is -0.252. The van der Waals surface area contributed by atoms with Gasteiger partial charge in [0.05, 0.1) is 32.2 Å².